The van der Waals surface area contributed by atoms with E-state index >= 15 is 0 Å². The molecule has 0 bridgehead atoms. The third-order valence-electron chi connectivity index (χ3n) is 4.14. The lowest BCUT2D eigenvalue weighted by atomic mass is 9.75. The zero-order valence-corrected chi connectivity index (χ0v) is 11.4. The minimum absolute atomic E-state index is 0.00278. The predicted molar refractivity (Wildman–Crippen MR) is 70.2 cm³/mol. The summed E-state index contributed by atoms with van der Waals surface area (Å²) in [4.78, 5) is 14.6. The first-order chi connectivity index (χ1) is 8.97. The Morgan fingerprint density at radius 3 is 2.32 bits per heavy atom. The molecule has 1 aromatic rings. The fraction of sp³-hybridized carbons (Fsp3) is 0.533. The lowest BCUT2D eigenvalue weighted by Gasteiger charge is -2.41. The fourth-order valence-electron chi connectivity index (χ4n) is 2.94. The van der Waals surface area contributed by atoms with Gasteiger partial charge < -0.3 is 0 Å². The minimum atomic E-state index is -0.767. The highest BCUT2D eigenvalue weighted by atomic mass is 19.1. The lowest BCUT2D eigenvalue weighted by molar-refractivity contribution is 0.0559. The van der Waals surface area contributed by atoms with Gasteiger partial charge >= 0.3 is 0 Å². The molecule has 0 heterocycles. The number of hydrogen-bond acceptors (Lipinski definition) is 2. The number of Topliss-reactive ketones (excluding diaryl/α,β-unsaturated/α-hetero) is 1. The quantitative estimate of drug-likeness (QED) is 0.782. The van der Waals surface area contributed by atoms with Crippen LogP contribution in [-0.4, -0.2) is 30.3 Å². The van der Waals surface area contributed by atoms with Crippen molar-refractivity contribution in [3.63, 3.8) is 0 Å². The first-order valence-corrected chi connectivity index (χ1v) is 6.65. The van der Waals surface area contributed by atoms with E-state index in [0.29, 0.717) is 0 Å². The summed E-state index contributed by atoms with van der Waals surface area (Å²) in [6.07, 6.45) is 4.50. The van der Waals surface area contributed by atoms with E-state index in [4.69, 9.17) is 0 Å². The maximum Gasteiger partial charge on any atom is 0.185 e. The highest BCUT2D eigenvalue weighted by Crippen LogP contribution is 2.35. The van der Waals surface area contributed by atoms with Gasteiger partial charge in [-0.15, -0.1) is 0 Å². The number of nitrogens with zero attached hydrogens (tertiary/aromatic N) is 1. The van der Waals surface area contributed by atoms with Gasteiger partial charge in [0.2, 0.25) is 0 Å². The Bertz CT molecular complexity index is 479. The second-order valence-corrected chi connectivity index (χ2v) is 5.44. The fourth-order valence-corrected chi connectivity index (χ4v) is 2.94. The summed E-state index contributed by atoms with van der Waals surface area (Å²) in [6.45, 7) is 0. The molecule has 1 fully saturated rings. The van der Waals surface area contributed by atoms with Gasteiger partial charge in [-0.3, -0.25) is 9.69 Å². The van der Waals surface area contributed by atoms with Crippen molar-refractivity contribution in [1.82, 2.24) is 4.90 Å². The van der Waals surface area contributed by atoms with Crippen molar-refractivity contribution in [2.24, 2.45) is 0 Å². The summed E-state index contributed by atoms with van der Waals surface area (Å²) in [5.41, 5.74) is -0.645. The Balaban J connectivity index is 2.39. The topological polar surface area (TPSA) is 20.3 Å². The molecule has 19 heavy (non-hydrogen) atoms. The zero-order chi connectivity index (χ0) is 14.0. The summed E-state index contributed by atoms with van der Waals surface area (Å²) in [6, 6.07) is 3.18. The van der Waals surface area contributed by atoms with Crippen LogP contribution in [0.1, 0.15) is 42.5 Å². The first kappa shape index (κ1) is 14.1. The molecular formula is C15H19F2NO. The van der Waals surface area contributed by atoms with Crippen LogP contribution in [0.25, 0.3) is 0 Å². The highest BCUT2D eigenvalue weighted by Gasteiger charge is 2.42. The second kappa shape index (κ2) is 5.37. The molecule has 0 atom stereocenters. The molecular weight excluding hydrogens is 248 g/mol. The van der Waals surface area contributed by atoms with E-state index in [0.717, 1.165) is 44.2 Å². The molecule has 1 saturated carbocycles. The van der Waals surface area contributed by atoms with Crippen LogP contribution >= 0.6 is 0 Å². The summed E-state index contributed by atoms with van der Waals surface area (Å²) in [5.74, 6) is -1.65. The van der Waals surface area contributed by atoms with E-state index in [9.17, 15) is 13.6 Å². The van der Waals surface area contributed by atoms with Gasteiger partial charge in [-0.05, 0) is 39.1 Å². The molecule has 0 aromatic heterocycles. The van der Waals surface area contributed by atoms with Gasteiger partial charge in [-0.1, -0.05) is 19.3 Å². The molecule has 104 valence electrons. The number of carbonyl (C=O) groups is 1. The largest absolute Gasteiger partial charge is 0.297 e. The number of likely N-dealkylation sites (N-methyl/N-ethyl adjacent to an activating group) is 1. The van der Waals surface area contributed by atoms with E-state index < -0.39 is 17.2 Å². The van der Waals surface area contributed by atoms with Crippen molar-refractivity contribution in [1.29, 1.82) is 0 Å². The van der Waals surface area contributed by atoms with Crippen molar-refractivity contribution in [2.75, 3.05) is 14.1 Å². The summed E-state index contributed by atoms with van der Waals surface area (Å²) < 4.78 is 26.8. The Morgan fingerprint density at radius 1 is 1.16 bits per heavy atom. The van der Waals surface area contributed by atoms with Gasteiger partial charge in [0.05, 0.1) is 11.1 Å². The van der Waals surface area contributed by atoms with E-state index in [1.54, 1.807) is 0 Å². The van der Waals surface area contributed by atoms with Crippen LogP contribution < -0.4 is 0 Å². The van der Waals surface area contributed by atoms with Crippen LogP contribution in [0.4, 0.5) is 8.78 Å². The molecule has 2 rings (SSSR count). The molecule has 0 aliphatic heterocycles. The normalized spacial score (nSPS) is 18.6. The van der Waals surface area contributed by atoms with E-state index in [1.807, 2.05) is 19.0 Å². The van der Waals surface area contributed by atoms with Gasteiger partial charge in [0.15, 0.2) is 5.78 Å². The standard InChI is InChI=1S/C15H19F2NO/c1-18(2)15(8-4-3-5-9-15)14(19)12-7-6-11(16)10-13(12)17/h6-7,10H,3-5,8-9H2,1-2H3. The molecule has 1 aliphatic carbocycles. The average Bonchev–Trinajstić information content (AvgIpc) is 2.38. The van der Waals surface area contributed by atoms with E-state index in [2.05, 4.69) is 0 Å². The monoisotopic (exact) mass is 267 g/mol. The van der Waals surface area contributed by atoms with Crippen molar-refractivity contribution in [3.8, 4) is 0 Å². The van der Waals surface area contributed by atoms with Crippen molar-refractivity contribution >= 4 is 5.78 Å². The van der Waals surface area contributed by atoms with Crippen LogP contribution in [-0.2, 0) is 0 Å². The summed E-state index contributed by atoms with van der Waals surface area (Å²) in [7, 11) is 3.70. The molecule has 0 unspecified atom stereocenters. The van der Waals surface area contributed by atoms with Crippen molar-refractivity contribution < 1.29 is 13.6 Å². The van der Waals surface area contributed by atoms with Crippen LogP contribution in [0.3, 0.4) is 0 Å². The molecule has 0 saturated heterocycles. The lowest BCUT2D eigenvalue weighted by Crippen LogP contribution is -2.52. The summed E-state index contributed by atoms with van der Waals surface area (Å²) >= 11 is 0. The molecule has 0 spiro atoms. The van der Waals surface area contributed by atoms with Crippen molar-refractivity contribution in [3.05, 3.63) is 35.4 Å². The van der Waals surface area contributed by atoms with E-state index in [-0.39, 0.29) is 11.3 Å². The maximum absolute atomic E-state index is 13.8. The first-order valence-electron chi connectivity index (χ1n) is 6.65. The SMILES string of the molecule is CN(C)C1(C(=O)c2ccc(F)cc2F)CCCCC1. The predicted octanol–water partition coefficient (Wildman–Crippen LogP) is 3.41. The molecule has 1 aliphatic rings. The van der Waals surface area contributed by atoms with Crippen molar-refractivity contribution in [2.45, 2.75) is 37.6 Å². The molecule has 1 aromatic carbocycles. The number of benzene rings is 1. The van der Waals surface area contributed by atoms with Crippen LogP contribution in [0.5, 0.6) is 0 Å². The van der Waals surface area contributed by atoms with Crippen LogP contribution in [0.2, 0.25) is 0 Å². The number of halogens is 2. The molecule has 0 N–H and O–H groups in total. The van der Waals surface area contributed by atoms with Crippen LogP contribution in [0.15, 0.2) is 18.2 Å². The smallest absolute Gasteiger partial charge is 0.185 e. The number of ketones is 1. The molecule has 0 amide bonds. The van der Waals surface area contributed by atoms with Gasteiger partial charge in [0, 0.05) is 6.07 Å². The Kier molecular flexibility index (Phi) is 3.99. The number of carbonyl (C=O) groups excluding carboxylic acids is 1. The number of rotatable bonds is 3. The molecule has 4 heteroatoms. The highest BCUT2D eigenvalue weighted by molar-refractivity contribution is 6.03. The minimum Gasteiger partial charge on any atom is -0.297 e. The Hall–Kier alpha value is -1.29. The Morgan fingerprint density at radius 2 is 1.79 bits per heavy atom. The van der Waals surface area contributed by atoms with Crippen LogP contribution in [0, 0.1) is 11.6 Å². The molecule has 0 radical (unpaired) electrons. The second-order valence-electron chi connectivity index (χ2n) is 5.44. The maximum atomic E-state index is 13.8. The average molecular weight is 267 g/mol. The Labute approximate surface area is 112 Å². The van der Waals surface area contributed by atoms with Gasteiger partial charge in [0.25, 0.3) is 0 Å². The van der Waals surface area contributed by atoms with E-state index in [1.165, 1.54) is 6.07 Å². The zero-order valence-electron chi connectivity index (χ0n) is 11.4. The third-order valence-corrected chi connectivity index (χ3v) is 4.14. The molecule has 2 nitrogen and oxygen atoms in total. The van der Waals surface area contributed by atoms with Gasteiger partial charge in [-0.25, -0.2) is 8.78 Å². The van der Waals surface area contributed by atoms with Gasteiger partial charge in [-0.2, -0.15) is 0 Å². The third kappa shape index (κ3) is 2.54. The number of hydrogen-bond donors (Lipinski definition) is 0. The van der Waals surface area contributed by atoms with Gasteiger partial charge in [0.1, 0.15) is 11.6 Å². The summed E-state index contributed by atoms with van der Waals surface area (Å²) in [5, 5.41) is 0.